The van der Waals surface area contributed by atoms with Gasteiger partial charge >= 0.3 is 0 Å². The zero-order valence-electron chi connectivity index (χ0n) is 33.4. The van der Waals surface area contributed by atoms with Crippen molar-refractivity contribution in [3.05, 3.63) is 217 Å². The average Bonchev–Trinajstić information content (AvgIpc) is 3.28. The van der Waals surface area contributed by atoms with Crippen molar-refractivity contribution in [1.82, 2.24) is 0 Å². The van der Waals surface area contributed by atoms with Gasteiger partial charge in [0.25, 0.3) is 0 Å². The lowest BCUT2D eigenvalue weighted by Crippen LogP contribution is -2.16. The minimum absolute atomic E-state index is 1.15. The highest BCUT2D eigenvalue weighted by atomic mass is 15.2. The quantitative estimate of drug-likeness (QED) is 0.123. The van der Waals surface area contributed by atoms with E-state index in [-0.39, 0.29) is 0 Å². The van der Waals surface area contributed by atoms with E-state index in [0.717, 1.165) is 22.7 Å². The predicted octanol–water partition coefficient (Wildman–Crippen LogP) is 16.5. The molecule has 0 aliphatic heterocycles. The SMILES string of the molecule is Cc1ccc2c(N(c3cccc4ccccc34)c3cccc4ccccc34)c3cc(C)c(C)cc3c(N(c3cccc4ccccc34)c3cccc4ccccc34)c2c1. The van der Waals surface area contributed by atoms with Crippen molar-refractivity contribution < 1.29 is 0 Å². The molecular formula is C57H42N2. The summed E-state index contributed by atoms with van der Waals surface area (Å²) in [5.41, 5.74) is 10.7. The summed E-state index contributed by atoms with van der Waals surface area (Å²) in [5, 5.41) is 14.4. The maximum Gasteiger partial charge on any atom is 0.0620 e. The number of hydrogen-bond acceptors (Lipinski definition) is 2. The van der Waals surface area contributed by atoms with Crippen LogP contribution >= 0.6 is 0 Å². The fraction of sp³-hybridized carbons (Fsp3) is 0.0526. The van der Waals surface area contributed by atoms with E-state index in [1.165, 1.54) is 92.7 Å². The second-order valence-electron chi connectivity index (χ2n) is 15.9. The second-order valence-corrected chi connectivity index (χ2v) is 15.9. The number of benzene rings is 11. The van der Waals surface area contributed by atoms with Gasteiger partial charge in [0.1, 0.15) is 0 Å². The molecule has 0 atom stereocenters. The Morgan fingerprint density at radius 3 is 0.932 bits per heavy atom. The summed E-state index contributed by atoms with van der Waals surface area (Å²) in [6, 6.07) is 74.0. The molecule has 0 saturated carbocycles. The molecule has 0 fully saturated rings. The molecule has 0 unspecified atom stereocenters. The van der Waals surface area contributed by atoms with Crippen molar-refractivity contribution in [1.29, 1.82) is 0 Å². The Hall–Kier alpha value is -7.42. The smallest absolute Gasteiger partial charge is 0.0620 e. The standard InChI is InChI=1S/C57H42N2/c1-37-32-33-48-49(34-37)57(59(54-30-14-22-42-18-6-10-26-46(42)54)55-31-15-23-43-19-7-11-27-47(43)55)51-36-39(3)38(2)35-50(51)56(48)58(52-28-12-20-40-16-4-8-24-44(40)52)53-29-13-21-41-17-5-9-25-45(41)53/h4-36H,1-3H3. The van der Waals surface area contributed by atoms with Crippen LogP contribution in [-0.2, 0) is 0 Å². The number of rotatable bonds is 6. The maximum absolute atomic E-state index is 2.56. The Labute approximate surface area is 344 Å². The van der Waals surface area contributed by atoms with Crippen molar-refractivity contribution in [2.24, 2.45) is 0 Å². The van der Waals surface area contributed by atoms with E-state index >= 15 is 0 Å². The van der Waals surface area contributed by atoms with Crippen LogP contribution in [0.25, 0.3) is 64.6 Å². The minimum atomic E-state index is 1.15. The minimum Gasteiger partial charge on any atom is -0.308 e. The molecule has 0 aliphatic rings. The summed E-state index contributed by atoms with van der Waals surface area (Å²) < 4.78 is 0. The van der Waals surface area contributed by atoms with Gasteiger partial charge in [-0.2, -0.15) is 0 Å². The van der Waals surface area contributed by atoms with Crippen LogP contribution in [0, 0.1) is 20.8 Å². The molecule has 0 radical (unpaired) electrons. The van der Waals surface area contributed by atoms with Gasteiger partial charge in [-0.15, -0.1) is 0 Å². The fourth-order valence-electron chi connectivity index (χ4n) is 9.40. The van der Waals surface area contributed by atoms with Gasteiger partial charge in [0, 0.05) is 43.1 Å². The van der Waals surface area contributed by atoms with Gasteiger partial charge in [-0.3, -0.25) is 0 Å². The molecule has 0 amide bonds. The number of fused-ring (bicyclic) bond motifs is 6. The van der Waals surface area contributed by atoms with Crippen molar-refractivity contribution in [2.45, 2.75) is 20.8 Å². The topological polar surface area (TPSA) is 6.48 Å². The molecule has 11 rings (SSSR count). The summed E-state index contributed by atoms with van der Waals surface area (Å²) in [4.78, 5) is 5.12. The summed E-state index contributed by atoms with van der Waals surface area (Å²) in [6.07, 6.45) is 0. The van der Waals surface area contributed by atoms with Gasteiger partial charge in [0.05, 0.1) is 34.1 Å². The van der Waals surface area contributed by atoms with Crippen molar-refractivity contribution in [3.8, 4) is 0 Å². The average molecular weight is 755 g/mol. The maximum atomic E-state index is 2.56. The zero-order chi connectivity index (χ0) is 39.6. The van der Waals surface area contributed by atoms with E-state index in [4.69, 9.17) is 0 Å². The monoisotopic (exact) mass is 754 g/mol. The van der Waals surface area contributed by atoms with Gasteiger partial charge in [0.2, 0.25) is 0 Å². The highest BCUT2D eigenvalue weighted by molar-refractivity contribution is 6.26. The Balaban J connectivity index is 1.36. The first-order valence-electron chi connectivity index (χ1n) is 20.5. The molecule has 0 spiro atoms. The molecule has 0 saturated heterocycles. The molecule has 0 heterocycles. The van der Waals surface area contributed by atoms with E-state index < -0.39 is 0 Å². The highest BCUT2D eigenvalue weighted by Gasteiger charge is 2.28. The molecular weight excluding hydrogens is 713 g/mol. The van der Waals surface area contributed by atoms with Crippen LogP contribution in [0.4, 0.5) is 34.1 Å². The first-order valence-corrected chi connectivity index (χ1v) is 20.5. The number of nitrogens with zero attached hydrogens (tertiary/aromatic N) is 2. The number of hydrogen-bond donors (Lipinski definition) is 0. The first kappa shape index (κ1) is 34.8. The van der Waals surface area contributed by atoms with Crippen LogP contribution in [0.15, 0.2) is 200 Å². The molecule has 2 heteroatoms. The van der Waals surface area contributed by atoms with E-state index in [2.05, 4.69) is 231 Å². The summed E-state index contributed by atoms with van der Waals surface area (Å²) in [7, 11) is 0. The molecule has 0 bridgehead atoms. The van der Waals surface area contributed by atoms with Crippen LogP contribution in [0.5, 0.6) is 0 Å². The molecule has 2 nitrogen and oxygen atoms in total. The largest absolute Gasteiger partial charge is 0.308 e. The Morgan fingerprint density at radius 1 is 0.254 bits per heavy atom. The summed E-state index contributed by atoms with van der Waals surface area (Å²) in [6.45, 7) is 6.73. The van der Waals surface area contributed by atoms with Gasteiger partial charge in [-0.1, -0.05) is 163 Å². The summed E-state index contributed by atoms with van der Waals surface area (Å²) in [5.74, 6) is 0. The van der Waals surface area contributed by atoms with E-state index in [0.29, 0.717) is 0 Å². The van der Waals surface area contributed by atoms with Crippen molar-refractivity contribution in [2.75, 3.05) is 9.80 Å². The van der Waals surface area contributed by atoms with Crippen LogP contribution in [0.2, 0.25) is 0 Å². The third-order valence-corrected chi connectivity index (χ3v) is 12.3. The lowest BCUT2D eigenvalue weighted by molar-refractivity contribution is 1.31. The fourth-order valence-corrected chi connectivity index (χ4v) is 9.40. The van der Waals surface area contributed by atoms with Crippen LogP contribution in [0.3, 0.4) is 0 Å². The van der Waals surface area contributed by atoms with Crippen LogP contribution in [-0.4, -0.2) is 0 Å². The second kappa shape index (κ2) is 13.9. The Morgan fingerprint density at radius 2 is 0.559 bits per heavy atom. The lowest BCUT2D eigenvalue weighted by Gasteiger charge is -2.35. The van der Waals surface area contributed by atoms with E-state index in [1.54, 1.807) is 0 Å². The zero-order valence-corrected chi connectivity index (χ0v) is 33.4. The number of anilines is 6. The van der Waals surface area contributed by atoms with Gasteiger partial charge in [-0.05, 0) is 95.9 Å². The summed E-state index contributed by atoms with van der Waals surface area (Å²) >= 11 is 0. The molecule has 11 aromatic carbocycles. The molecule has 0 N–H and O–H groups in total. The molecule has 11 aromatic rings. The van der Waals surface area contributed by atoms with Gasteiger partial charge < -0.3 is 9.80 Å². The molecule has 0 aliphatic carbocycles. The molecule has 0 aromatic heterocycles. The Bertz CT molecular complexity index is 3270. The van der Waals surface area contributed by atoms with Crippen LogP contribution in [0.1, 0.15) is 16.7 Å². The number of aryl methyl sites for hydroxylation is 3. The first-order chi connectivity index (χ1) is 29.0. The van der Waals surface area contributed by atoms with E-state index in [1.807, 2.05) is 0 Å². The normalized spacial score (nSPS) is 11.6. The van der Waals surface area contributed by atoms with Gasteiger partial charge in [0.15, 0.2) is 0 Å². The van der Waals surface area contributed by atoms with E-state index in [9.17, 15) is 0 Å². The highest BCUT2D eigenvalue weighted by Crippen LogP contribution is 2.54. The van der Waals surface area contributed by atoms with Crippen molar-refractivity contribution in [3.63, 3.8) is 0 Å². The Kier molecular flexibility index (Phi) is 8.20. The molecule has 280 valence electrons. The third kappa shape index (κ3) is 5.63. The predicted molar refractivity (Wildman–Crippen MR) is 255 cm³/mol. The lowest BCUT2D eigenvalue weighted by atomic mass is 9.91. The molecule has 59 heavy (non-hydrogen) atoms. The van der Waals surface area contributed by atoms with Crippen LogP contribution < -0.4 is 9.80 Å². The van der Waals surface area contributed by atoms with Gasteiger partial charge in [-0.25, -0.2) is 0 Å². The third-order valence-electron chi connectivity index (χ3n) is 12.3. The van der Waals surface area contributed by atoms with Crippen molar-refractivity contribution >= 4 is 98.8 Å².